The number of aromatic nitrogens is 3. The van der Waals surface area contributed by atoms with Gasteiger partial charge in [-0.15, -0.1) is 0 Å². The highest BCUT2D eigenvalue weighted by atomic mass is 19.4. The molecule has 4 rings (SSSR count). The quantitative estimate of drug-likeness (QED) is 0.361. The van der Waals surface area contributed by atoms with E-state index in [0.29, 0.717) is 12.2 Å². The summed E-state index contributed by atoms with van der Waals surface area (Å²) in [5.74, 6) is 0.943. The molecule has 0 aliphatic heterocycles. The molecule has 9 heteroatoms. The first-order valence-corrected chi connectivity index (χ1v) is 10.8. The first-order valence-electron chi connectivity index (χ1n) is 10.8. The molecule has 4 aromatic rings. The summed E-state index contributed by atoms with van der Waals surface area (Å²) < 4.78 is 40.7. The Hall–Kier alpha value is -3.88. The predicted octanol–water partition coefficient (Wildman–Crippen LogP) is 6.32. The minimum absolute atomic E-state index is 0.0566. The number of anilines is 2. The van der Waals surface area contributed by atoms with E-state index in [1.807, 2.05) is 32.0 Å². The van der Waals surface area contributed by atoms with Gasteiger partial charge in [0.1, 0.15) is 11.3 Å². The molecular weight excluding hydrogens is 443 g/mol. The van der Waals surface area contributed by atoms with Crippen LogP contribution in [0.3, 0.4) is 0 Å². The maximum Gasteiger partial charge on any atom is 0.416 e. The van der Waals surface area contributed by atoms with E-state index in [-0.39, 0.29) is 5.69 Å². The van der Waals surface area contributed by atoms with Gasteiger partial charge in [-0.05, 0) is 61.4 Å². The van der Waals surface area contributed by atoms with Crippen molar-refractivity contribution in [2.75, 3.05) is 10.6 Å². The lowest BCUT2D eigenvalue weighted by molar-refractivity contribution is -0.137. The van der Waals surface area contributed by atoms with Crippen molar-refractivity contribution in [1.29, 1.82) is 0 Å². The van der Waals surface area contributed by atoms with Gasteiger partial charge in [0.05, 0.1) is 12.1 Å². The van der Waals surface area contributed by atoms with Gasteiger partial charge >= 0.3 is 12.2 Å². The van der Waals surface area contributed by atoms with E-state index in [0.717, 1.165) is 52.4 Å². The van der Waals surface area contributed by atoms with Crippen molar-refractivity contribution >= 4 is 28.6 Å². The summed E-state index contributed by atoms with van der Waals surface area (Å²) in [6.07, 6.45) is -3.71. The summed E-state index contributed by atoms with van der Waals surface area (Å²) in [6, 6.07) is 13.1. The number of aryl methyl sites for hydroxylation is 3. The Morgan fingerprint density at radius 2 is 1.68 bits per heavy atom. The minimum Gasteiger partial charge on any atom is -0.308 e. The number of carbonyl (C=O) groups is 1. The molecule has 0 saturated carbocycles. The first-order chi connectivity index (χ1) is 16.1. The number of benzene rings is 2. The van der Waals surface area contributed by atoms with Gasteiger partial charge in [0.15, 0.2) is 5.65 Å². The summed E-state index contributed by atoms with van der Waals surface area (Å²) >= 11 is 0. The van der Waals surface area contributed by atoms with E-state index in [2.05, 4.69) is 27.1 Å². The number of nitrogens with zero attached hydrogens (tertiary/aromatic N) is 3. The van der Waals surface area contributed by atoms with Crippen LogP contribution in [0.1, 0.15) is 35.1 Å². The Labute approximate surface area is 194 Å². The highest BCUT2D eigenvalue weighted by molar-refractivity contribution is 5.99. The van der Waals surface area contributed by atoms with Crippen LogP contribution in [0, 0.1) is 13.8 Å². The highest BCUT2D eigenvalue weighted by Gasteiger charge is 2.30. The molecule has 176 valence electrons. The van der Waals surface area contributed by atoms with Gasteiger partial charge in [-0.25, -0.2) is 14.8 Å². The van der Waals surface area contributed by atoms with Crippen molar-refractivity contribution < 1.29 is 18.0 Å². The van der Waals surface area contributed by atoms with Gasteiger partial charge in [-0.1, -0.05) is 25.1 Å². The Morgan fingerprint density at radius 3 is 2.35 bits per heavy atom. The molecule has 0 aliphatic rings. The number of carbonyl (C=O) groups excluding carboxylic acids is 1. The number of amides is 2. The lowest BCUT2D eigenvalue weighted by Crippen LogP contribution is -2.19. The van der Waals surface area contributed by atoms with Crippen LogP contribution < -0.4 is 10.6 Å². The topological polar surface area (TPSA) is 71.8 Å². The fourth-order valence-corrected chi connectivity index (χ4v) is 3.83. The Balaban J connectivity index is 1.47. The van der Waals surface area contributed by atoms with E-state index in [1.165, 1.54) is 12.1 Å². The molecule has 0 saturated heterocycles. The second-order valence-corrected chi connectivity index (χ2v) is 8.08. The predicted molar refractivity (Wildman–Crippen MR) is 126 cm³/mol. The van der Waals surface area contributed by atoms with Gasteiger partial charge in [0.2, 0.25) is 0 Å². The molecule has 2 N–H and O–H groups in total. The van der Waals surface area contributed by atoms with Crippen LogP contribution in [-0.2, 0) is 19.1 Å². The van der Waals surface area contributed by atoms with Gasteiger partial charge in [-0.3, -0.25) is 0 Å². The number of hydrogen-bond acceptors (Lipinski definition) is 3. The molecule has 0 bridgehead atoms. The molecule has 0 radical (unpaired) electrons. The van der Waals surface area contributed by atoms with Crippen molar-refractivity contribution in [3.05, 3.63) is 82.8 Å². The van der Waals surface area contributed by atoms with E-state index in [4.69, 9.17) is 4.98 Å². The van der Waals surface area contributed by atoms with Crippen molar-refractivity contribution in [1.82, 2.24) is 14.5 Å². The molecule has 0 atom stereocenters. The number of alkyl halides is 3. The van der Waals surface area contributed by atoms with E-state index in [9.17, 15) is 18.0 Å². The molecule has 6 nitrogen and oxygen atoms in total. The molecule has 2 amide bonds. The van der Waals surface area contributed by atoms with Crippen LogP contribution in [0.15, 0.2) is 54.6 Å². The standard InChI is InChI=1S/C25H24F3N5O/c1-4-21-32-22-15(2)12-16(3)29-23(22)33(21)14-17-8-10-19(11-9-17)30-24(34)31-20-7-5-6-18(13-20)25(26,27)28/h5-13H,4,14H2,1-3H3,(H2,30,31,34). The Kier molecular flexibility index (Phi) is 6.28. The largest absolute Gasteiger partial charge is 0.416 e. The molecule has 0 spiro atoms. The van der Waals surface area contributed by atoms with Crippen molar-refractivity contribution in [2.24, 2.45) is 0 Å². The van der Waals surface area contributed by atoms with Crippen LogP contribution >= 0.6 is 0 Å². The zero-order valence-corrected chi connectivity index (χ0v) is 19.0. The molecule has 0 aliphatic carbocycles. The third-order valence-corrected chi connectivity index (χ3v) is 5.42. The number of pyridine rings is 1. The Morgan fingerprint density at radius 1 is 0.971 bits per heavy atom. The lowest BCUT2D eigenvalue weighted by atomic mass is 10.2. The summed E-state index contributed by atoms with van der Waals surface area (Å²) in [5.41, 5.74) is 4.50. The molecule has 0 unspecified atom stereocenters. The molecule has 2 aromatic heterocycles. The first kappa shape index (κ1) is 23.3. The molecule has 34 heavy (non-hydrogen) atoms. The second-order valence-electron chi connectivity index (χ2n) is 8.08. The zero-order chi connectivity index (χ0) is 24.5. The van der Waals surface area contributed by atoms with Crippen LogP contribution in [0.5, 0.6) is 0 Å². The van der Waals surface area contributed by atoms with Crippen LogP contribution in [-0.4, -0.2) is 20.6 Å². The average molecular weight is 467 g/mol. The zero-order valence-electron chi connectivity index (χ0n) is 19.0. The fraction of sp³-hybridized carbons (Fsp3) is 0.240. The number of halogens is 3. The van der Waals surface area contributed by atoms with Crippen LogP contribution in [0.4, 0.5) is 29.3 Å². The number of hydrogen-bond donors (Lipinski definition) is 2. The smallest absolute Gasteiger partial charge is 0.308 e. The van der Waals surface area contributed by atoms with E-state index >= 15 is 0 Å². The lowest BCUT2D eigenvalue weighted by Gasteiger charge is -2.12. The van der Waals surface area contributed by atoms with Crippen LogP contribution in [0.2, 0.25) is 0 Å². The highest BCUT2D eigenvalue weighted by Crippen LogP contribution is 2.30. The fourth-order valence-electron chi connectivity index (χ4n) is 3.83. The van der Waals surface area contributed by atoms with Crippen molar-refractivity contribution in [3.63, 3.8) is 0 Å². The van der Waals surface area contributed by atoms with Gasteiger partial charge < -0.3 is 15.2 Å². The van der Waals surface area contributed by atoms with E-state index in [1.54, 1.807) is 12.1 Å². The van der Waals surface area contributed by atoms with E-state index < -0.39 is 17.8 Å². The average Bonchev–Trinajstić information content (AvgIpc) is 3.12. The number of urea groups is 1. The van der Waals surface area contributed by atoms with Gasteiger partial charge in [0.25, 0.3) is 0 Å². The van der Waals surface area contributed by atoms with Crippen molar-refractivity contribution in [3.8, 4) is 0 Å². The molecule has 2 heterocycles. The third kappa shape index (κ3) is 5.03. The van der Waals surface area contributed by atoms with Crippen molar-refractivity contribution in [2.45, 2.75) is 39.9 Å². The van der Waals surface area contributed by atoms with Crippen LogP contribution in [0.25, 0.3) is 11.2 Å². The number of nitrogens with one attached hydrogen (secondary N) is 2. The normalized spacial score (nSPS) is 11.6. The summed E-state index contributed by atoms with van der Waals surface area (Å²) in [5, 5.41) is 5.07. The van der Waals surface area contributed by atoms with Gasteiger partial charge in [0, 0.05) is 23.5 Å². The SMILES string of the molecule is CCc1nc2c(C)cc(C)nc2n1Cc1ccc(NC(=O)Nc2cccc(C(F)(F)F)c2)cc1. The molecule has 0 fully saturated rings. The van der Waals surface area contributed by atoms with Gasteiger partial charge in [-0.2, -0.15) is 13.2 Å². The summed E-state index contributed by atoms with van der Waals surface area (Å²) in [7, 11) is 0. The minimum atomic E-state index is -4.48. The number of fused-ring (bicyclic) bond motifs is 1. The molecule has 2 aromatic carbocycles. The maximum absolute atomic E-state index is 12.9. The third-order valence-electron chi connectivity index (χ3n) is 5.42. The molecular formula is C25H24F3N5O. The summed E-state index contributed by atoms with van der Waals surface area (Å²) in [4.78, 5) is 21.7. The Bertz CT molecular complexity index is 1340. The number of imidazole rings is 1. The summed E-state index contributed by atoms with van der Waals surface area (Å²) in [6.45, 7) is 6.61. The maximum atomic E-state index is 12.9. The number of rotatable bonds is 5. The monoisotopic (exact) mass is 467 g/mol. The second kappa shape index (κ2) is 9.17.